The van der Waals surface area contributed by atoms with Crippen molar-refractivity contribution >= 4 is 17.0 Å². The van der Waals surface area contributed by atoms with Crippen molar-refractivity contribution in [1.29, 1.82) is 0 Å². The average molecular weight is 429 g/mol. The molecular weight excluding hydrogens is 404 g/mol. The summed E-state index contributed by atoms with van der Waals surface area (Å²) in [7, 11) is 0. The predicted octanol–water partition coefficient (Wildman–Crippen LogP) is 7.44. The Morgan fingerprint density at radius 3 is 2.55 bits per heavy atom. The summed E-state index contributed by atoms with van der Waals surface area (Å²) in [6.07, 6.45) is 6.30. The third-order valence-corrected chi connectivity index (χ3v) is 7.86. The van der Waals surface area contributed by atoms with E-state index in [1.165, 1.54) is 11.1 Å². The van der Waals surface area contributed by atoms with Crippen molar-refractivity contribution in [2.24, 2.45) is 10.9 Å². The molecule has 3 aliphatic rings. The Labute approximate surface area is 193 Å². The van der Waals surface area contributed by atoms with Crippen molar-refractivity contribution in [2.75, 3.05) is 0 Å². The van der Waals surface area contributed by atoms with Crippen LogP contribution in [0, 0.1) is 5.92 Å². The van der Waals surface area contributed by atoms with Gasteiger partial charge in [-0.05, 0) is 53.8 Å². The van der Waals surface area contributed by atoms with E-state index in [0.717, 1.165) is 44.8 Å². The largest absolute Gasteiger partial charge is 0.456 e. The molecule has 160 valence electrons. The van der Waals surface area contributed by atoms with E-state index >= 15 is 0 Å². The maximum absolute atomic E-state index is 6.28. The molecule has 0 fully saturated rings. The Morgan fingerprint density at radius 2 is 1.64 bits per heavy atom. The minimum absolute atomic E-state index is 0.0125. The normalized spacial score (nSPS) is 23.1. The van der Waals surface area contributed by atoms with Crippen LogP contribution in [-0.4, -0.2) is 11.2 Å². The Hall–Kier alpha value is -3.72. The van der Waals surface area contributed by atoms with E-state index in [2.05, 4.69) is 87.5 Å². The zero-order chi connectivity index (χ0) is 22.4. The standard InChI is InChI=1S/C30H24N2O/c1-29(2)22-14-15-23(32-28(22)30(3)26(29)12-7-17-31-30)18-13-16-25-27-20(18)9-6-10-21(27)19-8-4-5-11-24(19)33-25/h4-17,26H,1-3H3. The van der Waals surface area contributed by atoms with Crippen LogP contribution >= 0.6 is 0 Å². The van der Waals surface area contributed by atoms with Crippen LogP contribution in [0.15, 0.2) is 83.9 Å². The molecular formula is C30H24N2O. The second kappa shape index (κ2) is 6.20. The SMILES string of the molecule is CC1(C)c2ccc(-c3ccc4c5c(cccc35)-c3ccccc3O4)nc2C2(C)N=CC=CC12. The second-order valence-electron chi connectivity index (χ2n) is 10.0. The van der Waals surface area contributed by atoms with Gasteiger partial charge in [0.05, 0.1) is 11.4 Å². The minimum Gasteiger partial charge on any atom is -0.456 e. The molecule has 3 heterocycles. The number of aliphatic imine (C=N–C) groups is 1. The van der Waals surface area contributed by atoms with Crippen molar-refractivity contribution in [3.05, 3.63) is 90.1 Å². The summed E-state index contributed by atoms with van der Waals surface area (Å²) in [4.78, 5) is 10.2. The maximum atomic E-state index is 6.28. The van der Waals surface area contributed by atoms with E-state index in [1.807, 2.05) is 18.3 Å². The Bertz CT molecular complexity index is 1540. The highest BCUT2D eigenvalue weighted by Gasteiger charge is 2.54. The lowest BCUT2D eigenvalue weighted by Crippen LogP contribution is -2.34. The molecule has 7 rings (SSSR count). The number of pyridine rings is 1. The fraction of sp³-hybridized carbons (Fsp3) is 0.200. The highest BCUT2D eigenvalue weighted by atomic mass is 16.5. The summed E-state index contributed by atoms with van der Waals surface area (Å²) in [5.41, 5.74) is 6.50. The van der Waals surface area contributed by atoms with Gasteiger partial charge in [0.1, 0.15) is 17.0 Å². The first-order valence-corrected chi connectivity index (χ1v) is 11.6. The molecule has 2 atom stereocenters. The number of nitrogens with zero attached hydrogens (tertiary/aromatic N) is 2. The van der Waals surface area contributed by atoms with Gasteiger partial charge in [-0.1, -0.05) is 62.4 Å². The molecule has 2 unspecified atom stereocenters. The van der Waals surface area contributed by atoms with Gasteiger partial charge in [-0.3, -0.25) is 4.99 Å². The zero-order valence-electron chi connectivity index (χ0n) is 19.0. The van der Waals surface area contributed by atoms with Crippen LogP contribution in [0.2, 0.25) is 0 Å². The van der Waals surface area contributed by atoms with Crippen LogP contribution in [0.5, 0.6) is 11.5 Å². The van der Waals surface area contributed by atoms with E-state index in [0.29, 0.717) is 5.92 Å². The summed E-state index contributed by atoms with van der Waals surface area (Å²) in [5, 5.41) is 2.32. The lowest BCUT2D eigenvalue weighted by atomic mass is 9.73. The van der Waals surface area contributed by atoms with E-state index in [9.17, 15) is 0 Å². The van der Waals surface area contributed by atoms with E-state index in [4.69, 9.17) is 14.7 Å². The second-order valence-corrected chi connectivity index (χ2v) is 10.0. The summed E-state index contributed by atoms with van der Waals surface area (Å²) >= 11 is 0. The molecule has 3 aromatic carbocycles. The van der Waals surface area contributed by atoms with Crippen molar-refractivity contribution in [3.63, 3.8) is 0 Å². The van der Waals surface area contributed by atoms with Crippen LogP contribution in [0.1, 0.15) is 32.0 Å². The smallest absolute Gasteiger partial charge is 0.135 e. The van der Waals surface area contributed by atoms with Crippen molar-refractivity contribution < 1.29 is 4.74 Å². The van der Waals surface area contributed by atoms with Gasteiger partial charge >= 0.3 is 0 Å². The van der Waals surface area contributed by atoms with Crippen molar-refractivity contribution in [3.8, 4) is 33.9 Å². The van der Waals surface area contributed by atoms with Gasteiger partial charge in [0, 0.05) is 34.1 Å². The first kappa shape index (κ1) is 18.8. The molecule has 4 aromatic rings. The molecule has 0 bridgehead atoms. The van der Waals surface area contributed by atoms with Gasteiger partial charge in [0.15, 0.2) is 0 Å². The molecule has 0 saturated carbocycles. The van der Waals surface area contributed by atoms with Gasteiger partial charge in [-0.25, -0.2) is 4.98 Å². The third-order valence-electron chi connectivity index (χ3n) is 7.86. The fourth-order valence-electron chi connectivity index (χ4n) is 6.26. The van der Waals surface area contributed by atoms with Gasteiger partial charge in [-0.2, -0.15) is 0 Å². The number of rotatable bonds is 1. The molecule has 3 heteroatoms. The fourth-order valence-corrected chi connectivity index (χ4v) is 6.26. The topological polar surface area (TPSA) is 34.5 Å². The Kier molecular flexibility index (Phi) is 3.53. The van der Waals surface area contributed by atoms with Crippen LogP contribution in [0.25, 0.3) is 33.2 Å². The lowest BCUT2D eigenvalue weighted by Gasteiger charge is -2.34. The molecule has 0 spiro atoms. The minimum atomic E-state index is -0.335. The number of dihydropyridines is 1. The van der Waals surface area contributed by atoms with Crippen LogP contribution in [0.3, 0.4) is 0 Å². The van der Waals surface area contributed by atoms with Gasteiger partial charge in [0.2, 0.25) is 0 Å². The number of benzene rings is 3. The average Bonchev–Trinajstić information content (AvgIpc) is 3.02. The van der Waals surface area contributed by atoms with Gasteiger partial charge < -0.3 is 4.74 Å². The molecule has 0 amide bonds. The first-order valence-electron chi connectivity index (χ1n) is 11.6. The number of hydrogen-bond donors (Lipinski definition) is 0. The van der Waals surface area contributed by atoms with E-state index < -0.39 is 0 Å². The highest BCUT2D eigenvalue weighted by molar-refractivity contribution is 6.09. The van der Waals surface area contributed by atoms with Crippen molar-refractivity contribution in [2.45, 2.75) is 31.7 Å². The molecule has 1 aromatic heterocycles. The predicted molar refractivity (Wildman–Crippen MR) is 134 cm³/mol. The Balaban J connectivity index is 1.47. The number of para-hydroxylation sites is 1. The van der Waals surface area contributed by atoms with Crippen LogP contribution in [-0.2, 0) is 11.0 Å². The molecule has 3 nitrogen and oxygen atoms in total. The first-order chi connectivity index (χ1) is 16.0. The summed E-state index contributed by atoms with van der Waals surface area (Å²) in [6.45, 7) is 6.85. The molecule has 0 N–H and O–H groups in total. The number of ether oxygens (including phenoxy) is 1. The Morgan fingerprint density at radius 1 is 0.788 bits per heavy atom. The van der Waals surface area contributed by atoms with E-state index in [1.54, 1.807) is 0 Å². The number of allylic oxidation sites excluding steroid dienone is 1. The maximum Gasteiger partial charge on any atom is 0.135 e. The summed E-state index contributed by atoms with van der Waals surface area (Å²) < 4.78 is 6.28. The number of hydrogen-bond acceptors (Lipinski definition) is 3. The molecule has 0 saturated heterocycles. The van der Waals surface area contributed by atoms with Crippen molar-refractivity contribution in [1.82, 2.24) is 4.98 Å². The molecule has 1 aliphatic carbocycles. The summed E-state index contributed by atoms with van der Waals surface area (Å²) in [6, 6.07) is 23.4. The van der Waals surface area contributed by atoms with Gasteiger partial charge in [-0.15, -0.1) is 0 Å². The molecule has 0 radical (unpaired) electrons. The number of fused-ring (bicyclic) bond motifs is 5. The quantitative estimate of drug-likeness (QED) is 0.278. The highest BCUT2D eigenvalue weighted by Crippen LogP contribution is 2.56. The van der Waals surface area contributed by atoms with E-state index in [-0.39, 0.29) is 11.0 Å². The summed E-state index contributed by atoms with van der Waals surface area (Å²) in [5.74, 6) is 2.11. The number of aromatic nitrogens is 1. The monoisotopic (exact) mass is 428 g/mol. The van der Waals surface area contributed by atoms with Crippen LogP contribution in [0.4, 0.5) is 0 Å². The third kappa shape index (κ3) is 2.34. The lowest BCUT2D eigenvalue weighted by molar-refractivity contribution is 0.284. The zero-order valence-corrected chi connectivity index (χ0v) is 19.0. The van der Waals surface area contributed by atoms with Crippen LogP contribution < -0.4 is 4.74 Å². The molecule has 33 heavy (non-hydrogen) atoms. The molecule has 2 aliphatic heterocycles. The van der Waals surface area contributed by atoms with Gasteiger partial charge in [0.25, 0.3) is 0 Å².